The molecule has 1 nitrogen and oxygen atoms in total. The van der Waals surface area contributed by atoms with Crippen molar-refractivity contribution < 1.29 is 4.39 Å². The van der Waals surface area contributed by atoms with Gasteiger partial charge in [-0.25, -0.2) is 4.39 Å². The number of rotatable bonds is 4. The lowest BCUT2D eigenvalue weighted by Gasteiger charge is -2.16. The Bertz CT molecular complexity index is 610. The van der Waals surface area contributed by atoms with E-state index < -0.39 is 0 Å². The summed E-state index contributed by atoms with van der Waals surface area (Å²) < 4.78 is 13.6. The molecule has 2 aromatic carbocycles. The maximum Gasteiger partial charge on any atom is 0.136 e. The molecule has 0 aliphatic carbocycles. The zero-order chi connectivity index (χ0) is 14.7. The molecule has 2 rings (SSSR count). The smallest absolute Gasteiger partial charge is 0.136 e. The van der Waals surface area contributed by atoms with E-state index in [-0.39, 0.29) is 11.9 Å². The minimum absolute atomic E-state index is 0.0843. The molecule has 0 saturated carbocycles. The molecule has 2 N–H and O–H groups in total. The van der Waals surface area contributed by atoms with Gasteiger partial charge in [0.05, 0.1) is 0 Å². The van der Waals surface area contributed by atoms with Gasteiger partial charge in [-0.15, -0.1) is 11.8 Å². The quantitative estimate of drug-likeness (QED) is 0.836. The number of benzene rings is 2. The van der Waals surface area contributed by atoms with Crippen LogP contribution in [0.1, 0.15) is 28.3 Å². The van der Waals surface area contributed by atoms with Gasteiger partial charge in [0.15, 0.2) is 0 Å². The Labute approximate surface area is 124 Å². The van der Waals surface area contributed by atoms with Crippen molar-refractivity contribution in [3.05, 3.63) is 64.5 Å². The zero-order valence-corrected chi connectivity index (χ0v) is 12.9. The van der Waals surface area contributed by atoms with Gasteiger partial charge in [-0.05, 0) is 55.2 Å². The average Bonchev–Trinajstić information content (AvgIpc) is 2.41. The van der Waals surface area contributed by atoms with Crippen molar-refractivity contribution in [2.45, 2.75) is 31.7 Å². The van der Waals surface area contributed by atoms with Gasteiger partial charge < -0.3 is 5.73 Å². The van der Waals surface area contributed by atoms with Crippen molar-refractivity contribution in [2.75, 3.05) is 5.75 Å². The second-order valence-electron chi connectivity index (χ2n) is 5.14. The molecule has 2 aromatic rings. The van der Waals surface area contributed by atoms with Crippen molar-refractivity contribution in [3.8, 4) is 0 Å². The van der Waals surface area contributed by atoms with Gasteiger partial charge in [0.2, 0.25) is 0 Å². The zero-order valence-electron chi connectivity index (χ0n) is 12.1. The highest BCUT2D eigenvalue weighted by Gasteiger charge is 2.12. The summed E-state index contributed by atoms with van der Waals surface area (Å²) in [6.07, 6.45) is 0. The van der Waals surface area contributed by atoms with Gasteiger partial charge in [-0.3, -0.25) is 0 Å². The fourth-order valence-corrected chi connectivity index (χ4v) is 3.13. The largest absolute Gasteiger partial charge is 0.323 e. The van der Waals surface area contributed by atoms with Crippen LogP contribution in [-0.2, 0) is 0 Å². The molecule has 0 fully saturated rings. The summed E-state index contributed by atoms with van der Waals surface area (Å²) in [6, 6.07) is 11.1. The topological polar surface area (TPSA) is 26.0 Å². The predicted molar refractivity (Wildman–Crippen MR) is 84.7 cm³/mol. The van der Waals surface area contributed by atoms with Crippen LogP contribution in [0.15, 0.2) is 41.3 Å². The van der Waals surface area contributed by atoms with Crippen LogP contribution >= 0.6 is 11.8 Å². The van der Waals surface area contributed by atoms with E-state index in [9.17, 15) is 4.39 Å². The van der Waals surface area contributed by atoms with Crippen LogP contribution in [0.5, 0.6) is 0 Å². The monoisotopic (exact) mass is 289 g/mol. The maximum absolute atomic E-state index is 13.6. The van der Waals surface area contributed by atoms with Crippen LogP contribution in [0.2, 0.25) is 0 Å². The Balaban J connectivity index is 2.11. The van der Waals surface area contributed by atoms with Gasteiger partial charge >= 0.3 is 0 Å². The molecule has 0 saturated heterocycles. The molecule has 0 spiro atoms. The van der Waals surface area contributed by atoms with Crippen LogP contribution in [0.4, 0.5) is 4.39 Å². The van der Waals surface area contributed by atoms with E-state index in [1.807, 2.05) is 6.07 Å². The number of halogens is 1. The summed E-state index contributed by atoms with van der Waals surface area (Å²) in [7, 11) is 0. The first-order valence-electron chi connectivity index (χ1n) is 6.69. The van der Waals surface area contributed by atoms with E-state index in [4.69, 9.17) is 5.73 Å². The van der Waals surface area contributed by atoms with Gasteiger partial charge in [0.25, 0.3) is 0 Å². The molecule has 1 unspecified atom stereocenters. The normalized spacial score (nSPS) is 12.4. The van der Waals surface area contributed by atoms with Crippen LogP contribution in [0.25, 0.3) is 0 Å². The molecule has 1 atom stereocenters. The molecule has 0 bridgehead atoms. The Morgan fingerprint density at radius 3 is 2.40 bits per heavy atom. The molecule has 106 valence electrons. The minimum Gasteiger partial charge on any atom is -0.323 e. The lowest BCUT2D eigenvalue weighted by molar-refractivity contribution is 0.601. The average molecular weight is 289 g/mol. The highest BCUT2D eigenvalue weighted by Crippen LogP contribution is 2.28. The van der Waals surface area contributed by atoms with Crippen molar-refractivity contribution in [2.24, 2.45) is 5.73 Å². The highest BCUT2D eigenvalue weighted by molar-refractivity contribution is 7.99. The SMILES string of the molecule is Cc1cc(C)c(C(N)CSc2ccccc2F)cc1C. The van der Waals surface area contributed by atoms with Crippen LogP contribution in [0.3, 0.4) is 0 Å². The summed E-state index contributed by atoms with van der Waals surface area (Å²) >= 11 is 1.47. The summed E-state index contributed by atoms with van der Waals surface area (Å²) in [5, 5.41) is 0. The standard InChI is InChI=1S/C17H20FNS/c1-11-8-13(3)14(9-12(11)2)16(19)10-20-17-7-5-4-6-15(17)18/h4-9,16H,10,19H2,1-3H3. The van der Waals surface area contributed by atoms with Crippen molar-refractivity contribution >= 4 is 11.8 Å². The van der Waals surface area contributed by atoms with Crippen molar-refractivity contribution in [1.29, 1.82) is 0 Å². The first-order chi connectivity index (χ1) is 9.49. The molecule has 0 amide bonds. The molecule has 0 aliphatic rings. The van der Waals surface area contributed by atoms with Crippen molar-refractivity contribution in [3.63, 3.8) is 0 Å². The second-order valence-corrected chi connectivity index (χ2v) is 6.20. The number of hydrogen-bond donors (Lipinski definition) is 1. The lowest BCUT2D eigenvalue weighted by Crippen LogP contribution is -2.15. The van der Waals surface area contributed by atoms with Gasteiger partial charge in [-0.2, -0.15) is 0 Å². The Morgan fingerprint density at radius 1 is 1.05 bits per heavy atom. The third-order valence-electron chi connectivity index (χ3n) is 3.54. The van der Waals surface area contributed by atoms with E-state index in [0.717, 1.165) is 5.56 Å². The fourth-order valence-electron chi connectivity index (χ4n) is 2.21. The molecular weight excluding hydrogens is 269 g/mol. The predicted octanol–water partition coefficient (Wildman–Crippen LogP) is 4.54. The molecular formula is C17H20FNS. The molecule has 3 heteroatoms. The molecule has 0 radical (unpaired) electrons. The molecule has 0 aromatic heterocycles. The van der Waals surface area contributed by atoms with Crippen molar-refractivity contribution in [1.82, 2.24) is 0 Å². The number of nitrogens with two attached hydrogens (primary N) is 1. The summed E-state index contributed by atoms with van der Waals surface area (Å²) in [5.41, 5.74) is 11.1. The van der Waals surface area contributed by atoms with Gasteiger partial charge in [0, 0.05) is 16.7 Å². The van der Waals surface area contributed by atoms with Crippen LogP contribution < -0.4 is 5.73 Å². The van der Waals surface area contributed by atoms with Gasteiger partial charge in [-0.1, -0.05) is 24.3 Å². The summed E-state index contributed by atoms with van der Waals surface area (Å²) in [5.74, 6) is 0.492. The van der Waals surface area contributed by atoms with E-state index in [1.54, 1.807) is 12.1 Å². The van der Waals surface area contributed by atoms with Crippen LogP contribution in [0, 0.1) is 26.6 Å². The minimum atomic E-state index is -0.179. The first kappa shape index (κ1) is 15.1. The molecule has 20 heavy (non-hydrogen) atoms. The fraction of sp³-hybridized carbons (Fsp3) is 0.294. The summed E-state index contributed by atoms with van der Waals surface area (Å²) in [4.78, 5) is 0.657. The van der Waals surface area contributed by atoms with E-state index in [2.05, 4.69) is 32.9 Å². The second kappa shape index (κ2) is 6.42. The third-order valence-corrected chi connectivity index (χ3v) is 4.70. The van der Waals surface area contributed by atoms with Gasteiger partial charge in [0.1, 0.15) is 5.82 Å². The lowest BCUT2D eigenvalue weighted by atomic mass is 9.97. The van der Waals surface area contributed by atoms with E-state index in [0.29, 0.717) is 10.6 Å². The molecule has 0 heterocycles. The first-order valence-corrected chi connectivity index (χ1v) is 7.68. The third kappa shape index (κ3) is 3.41. The van der Waals surface area contributed by atoms with E-state index >= 15 is 0 Å². The Hall–Kier alpha value is -1.32. The highest BCUT2D eigenvalue weighted by atomic mass is 32.2. The number of thioether (sulfide) groups is 1. The molecule has 0 aliphatic heterocycles. The Morgan fingerprint density at radius 2 is 1.70 bits per heavy atom. The number of aryl methyl sites for hydroxylation is 3. The van der Waals surface area contributed by atoms with E-state index in [1.165, 1.54) is 34.5 Å². The maximum atomic E-state index is 13.6. The van der Waals surface area contributed by atoms with Crippen LogP contribution in [-0.4, -0.2) is 5.75 Å². The Kier molecular flexibility index (Phi) is 4.84. The summed E-state index contributed by atoms with van der Waals surface area (Å²) in [6.45, 7) is 6.27. The number of hydrogen-bond acceptors (Lipinski definition) is 2.